The van der Waals surface area contributed by atoms with Crippen molar-refractivity contribution in [3.05, 3.63) is 0 Å². The standard InChI is InChI=1S/C10H22/c1-4-6-7-8-9-10(3)5-2/h10H,4-9H2,1-3H3/i3D. The molecule has 1 atom stereocenters. The minimum absolute atomic E-state index is 0.628. The van der Waals surface area contributed by atoms with Gasteiger partial charge in [0.25, 0.3) is 0 Å². The lowest BCUT2D eigenvalue weighted by atomic mass is 10.0. The predicted molar refractivity (Wildman–Crippen MR) is 48.2 cm³/mol. The lowest BCUT2D eigenvalue weighted by molar-refractivity contribution is 0.477. The lowest BCUT2D eigenvalue weighted by Crippen LogP contribution is -1.91. The van der Waals surface area contributed by atoms with Crippen LogP contribution in [0, 0.1) is 5.92 Å². The third kappa shape index (κ3) is 6.12. The van der Waals surface area contributed by atoms with Gasteiger partial charge in [-0.15, -0.1) is 0 Å². The second-order valence-corrected chi connectivity index (χ2v) is 3.12. The number of hydrogen-bond donors (Lipinski definition) is 0. The fourth-order valence-electron chi connectivity index (χ4n) is 1.06. The molecule has 0 heteroatoms. The summed E-state index contributed by atoms with van der Waals surface area (Å²) in [5.41, 5.74) is 0. The first-order valence-electron chi connectivity index (χ1n) is 5.35. The van der Waals surface area contributed by atoms with Crippen molar-refractivity contribution in [3.8, 4) is 0 Å². The van der Waals surface area contributed by atoms with Crippen molar-refractivity contribution in [1.29, 1.82) is 0 Å². The summed E-state index contributed by atoms with van der Waals surface area (Å²) in [6, 6.07) is 0. The maximum absolute atomic E-state index is 7.24. The molecule has 0 radical (unpaired) electrons. The Morgan fingerprint density at radius 2 is 2.00 bits per heavy atom. The zero-order valence-corrected chi connectivity index (χ0v) is 7.53. The predicted octanol–water partition coefficient (Wildman–Crippen LogP) is 4.00. The van der Waals surface area contributed by atoms with E-state index in [1.165, 1.54) is 38.5 Å². The van der Waals surface area contributed by atoms with Crippen LogP contribution in [-0.4, -0.2) is 0 Å². The van der Waals surface area contributed by atoms with E-state index in [1.807, 2.05) is 0 Å². The van der Waals surface area contributed by atoms with Crippen molar-refractivity contribution in [2.75, 3.05) is 0 Å². The molecule has 0 aliphatic carbocycles. The smallest absolute Gasteiger partial charge is 0.0233 e. The van der Waals surface area contributed by atoms with Crippen molar-refractivity contribution in [2.24, 2.45) is 5.92 Å². The summed E-state index contributed by atoms with van der Waals surface area (Å²) in [4.78, 5) is 0. The van der Waals surface area contributed by atoms with Gasteiger partial charge in [0.05, 0.1) is 0 Å². The highest BCUT2D eigenvalue weighted by atomic mass is 14.0. The van der Waals surface area contributed by atoms with Crippen LogP contribution in [0.2, 0.25) is 0 Å². The molecule has 0 bridgehead atoms. The van der Waals surface area contributed by atoms with Crippen molar-refractivity contribution >= 4 is 0 Å². The molecular formula is C10H22. The molecular weight excluding hydrogens is 120 g/mol. The Morgan fingerprint density at radius 3 is 2.50 bits per heavy atom. The van der Waals surface area contributed by atoms with E-state index in [2.05, 4.69) is 13.8 Å². The molecule has 0 heterocycles. The minimum atomic E-state index is 0.628. The number of rotatable bonds is 6. The largest absolute Gasteiger partial charge is 0.0654 e. The van der Waals surface area contributed by atoms with Gasteiger partial charge < -0.3 is 0 Å². The fraction of sp³-hybridized carbons (Fsp3) is 1.00. The van der Waals surface area contributed by atoms with E-state index in [0.29, 0.717) is 12.8 Å². The summed E-state index contributed by atoms with van der Waals surface area (Å²) in [6.45, 7) is 5.06. The Labute approximate surface area is 67.4 Å². The third-order valence-electron chi connectivity index (χ3n) is 2.04. The van der Waals surface area contributed by atoms with E-state index >= 15 is 0 Å². The number of unbranched alkanes of at least 4 members (excludes halogenated alkanes) is 3. The quantitative estimate of drug-likeness (QED) is 0.493. The maximum Gasteiger partial charge on any atom is 0.0233 e. The molecule has 0 spiro atoms. The molecule has 0 aromatic rings. The molecule has 1 unspecified atom stereocenters. The highest BCUT2D eigenvalue weighted by molar-refractivity contribution is 4.50. The normalized spacial score (nSPS) is 14.8. The van der Waals surface area contributed by atoms with E-state index in [-0.39, 0.29) is 0 Å². The van der Waals surface area contributed by atoms with Crippen LogP contribution in [0.1, 0.15) is 60.6 Å². The monoisotopic (exact) mass is 143 g/mol. The van der Waals surface area contributed by atoms with E-state index in [1.54, 1.807) is 0 Å². The molecule has 0 amide bonds. The summed E-state index contributed by atoms with van der Waals surface area (Å²) in [6.07, 6.45) is 7.86. The van der Waals surface area contributed by atoms with Crippen molar-refractivity contribution in [2.45, 2.75) is 59.3 Å². The van der Waals surface area contributed by atoms with Crippen molar-refractivity contribution in [1.82, 2.24) is 0 Å². The van der Waals surface area contributed by atoms with Crippen molar-refractivity contribution < 1.29 is 1.37 Å². The van der Waals surface area contributed by atoms with Crippen LogP contribution in [-0.2, 0) is 0 Å². The van der Waals surface area contributed by atoms with Gasteiger partial charge in [-0.1, -0.05) is 59.3 Å². The molecule has 0 aromatic heterocycles. The van der Waals surface area contributed by atoms with Crippen LogP contribution in [0.3, 0.4) is 0 Å². The fourth-order valence-corrected chi connectivity index (χ4v) is 1.06. The average molecular weight is 143 g/mol. The van der Waals surface area contributed by atoms with Crippen LogP contribution in [0.5, 0.6) is 0 Å². The van der Waals surface area contributed by atoms with Gasteiger partial charge in [-0.2, -0.15) is 0 Å². The topological polar surface area (TPSA) is 0 Å². The van der Waals surface area contributed by atoms with Crippen LogP contribution in [0.25, 0.3) is 0 Å². The Balaban J connectivity index is 3.07. The molecule has 0 saturated heterocycles. The van der Waals surface area contributed by atoms with Gasteiger partial charge in [0.15, 0.2) is 0 Å². The number of hydrogen-bond acceptors (Lipinski definition) is 0. The first-order valence-corrected chi connectivity index (χ1v) is 4.64. The van der Waals surface area contributed by atoms with Gasteiger partial charge in [0.2, 0.25) is 0 Å². The minimum Gasteiger partial charge on any atom is -0.0654 e. The molecule has 0 N–H and O–H groups in total. The molecule has 0 aromatic carbocycles. The van der Waals surface area contributed by atoms with E-state index in [9.17, 15) is 0 Å². The van der Waals surface area contributed by atoms with Gasteiger partial charge >= 0.3 is 0 Å². The SMILES string of the molecule is [2H]CC(CC)CCCCCC. The summed E-state index contributed by atoms with van der Waals surface area (Å²) in [5, 5.41) is 0. The molecule has 0 saturated carbocycles. The van der Waals surface area contributed by atoms with Crippen LogP contribution in [0.15, 0.2) is 0 Å². The van der Waals surface area contributed by atoms with Gasteiger partial charge in [0.1, 0.15) is 0 Å². The summed E-state index contributed by atoms with van der Waals surface area (Å²) >= 11 is 0. The van der Waals surface area contributed by atoms with Crippen LogP contribution >= 0.6 is 0 Å². The van der Waals surface area contributed by atoms with Gasteiger partial charge in [-0.05, 0) is 5.92 Å². The third-order valence-corrected chi connectivity index (χ3v) is 2.04. The second-order valence-electron chi connectivity index (χ2n) is 3.12. The first-order chi connectivity index (χ1) is 5.35. The Bertz CT molecular complexity index is 67.3. The molecule has 62 valence electrons. The first kappa shape index (κ1) is 8.10. The van der Waals surface area contributed by atoms with E-state index < -0.39 is 0 Å². The highest BCUT2D eigenvalue weighted by Crippen LogP contribution is 2.12. The summed E-state index contributed by atoms with van der Waals surface area (Å²) < 4.78 is 7.24. The molecule has 0 aliphatic rings. The molecule has 0 rings (SSSR count). The van der Waals surface area contributed by atoms with Gasteiger partial charge in [-0.25, -0.2) is 0 Å². The Hall–Kier alpha value is 0. The molecule has 0 nitrogen and oxygen atoms in total. The molecule has 10 heavy (non-hydrogen) atoms. The van der Waals surface area contributed by atoms with Gasteiger partial charge in [0, 0.05) is 1.37 Å². The molecule has 0 aliphatic heterocycles. The maximum atomic E-state index is 7.24. The highest BCUT2D eigenvalue weighted by Gasteiger charge is 1.96. The lowest BCUT2D eigenvalue weighted by Gasteiger charge is -2.06. The van der Waals surface area contributed by atoms with Gasteiger partial charge in [-0.3, -0.25) is 0 Å². The average Bonchev–Trinajstić information content (AvgIpc) is 2.05. The zero-order chi connectivity index (χ0) is 8.53. The van der Waals surface area contributed by atoms with E-state index in [4.69, 9.17) is 1.37 Å². The Morgan fingerprint density at radius 1 is 1.20 bits per heavy atom. The van der Waals surface area contributed by atoms with E-state index in [0.717, 1.165) is 0 Å². The van der Waals surface area contributed by atoms with Crippen LogP contribution < -0.4 is 0 Å². The second kappa shape index (κ2) is 7.11. The molecule has 0 fully saturated rings. The van der Waals surface area contributed by atoms with Crippen molar-refractivity contribution in [3.63, 3.8) is 0 Å². The van der Waals surface area contributed by atoms with Crippen LogP contribution in [0.4, 0.5) is 0 Å². The summed E-state index contributed by atoms with van der Waals surface area (Å²) in [7, 11) is 0. The zero-order valence-electron chi connectivity index (χ0n) is 8.53. The summed E-state index contributed by atoms with van der Waals surface area (Å²) in [5.74, 6) is 0.673. The Kier molecular flexibility index (Phi) is 5.76.